The molecule has 5 heteroatoms. The molecular formula is C14H14ClN3O. The van der Waals surface area contributed by atoms with E-state index in [2.05, 4.69) is 15.3 Å². The van der Waals surface area contributed by atoms with Gasteiger partial charge in [0.25, 0.3) is 0 Å². The number of halogens is 1. The van der Waals surface area contributed by atoms with Crippen LogP contribution in [-0.2, 0) is 11.2 Å². The van der Waals surface area contributed by atoms with Crippen LogP contribution < -0.4 is 5.32 Å². The molecular weight excluding hydrogens is 262 g/mol. The minimum Gasteiger partial charge on any atom is -0.294 e. The van der Waals surface area contributed by atoms with Gasteiger partial charge in [-0.3, -0.25) is 10.1 Å². The van der Waals surface area contributed by atoms with Crippen LogP contribution in [0.5, 0.6) is 0 Å². The summed E-state index contributed by atoms with van der Waals surface area (Å²) in [6.07, 6.45) is 0.271. The minimum absolute atomic E-state index is 0.146. The molecule has 2 aromatic rings. The summed E-state index contributed by atoms with van der Waals surface area (Å²) in [6, 6.07) is 9.03. The van der Waals surface area contributed by atoms with Crippen LogP contribution in [-0.4, -0.2) is 15.9 Å². The maximum atomic E-state index is 11.9. The highest BCUT2D eigenvalue weighted by molar-refractivity contribution is 6.30. The topological polar surface area (TPSA) is 54.9 Å². The van der Waals surface area contributed by atoms with E-state index in [-0.39, 0.29) is 12.3 Å². The summed E-state index contributed by atoms with van der Waals surface area (Å²) in [6.45, 7) is 3.73. The number of nitrogens with one attached hydrogen (secondary N) is 1. The molecule has 0 saturated carbocycles. The number of hydrogen-bond donors (Lipinski definition) is 1. The van der Waals surface area contributed by atoms with E-state index in [1.165, 1.54) is 0 Å². The second-order valence-electron chi connectivity index (χ2n) is 4.33. The first-order chi connectivity index (χ1) is 9.02. The standard InChI is InChI=1S/C14H14ClN3O/c1-9-7-10(2)17-14(16-9)18-13(19)8-11-3-5-12(15)6-4-11/h3-7H,8H2,1-2H3,(H,16,17,18,19). The van der Waals surface area contributed by atoms with Crippen LogP contribution in [0.25, 0.3) is 0 Å². The molecule has 0 aliphatic carbocycles. The molecule has 1 aromatic heterocycles. The minimum atomic E-state index is -0.146. The van der Waals surface area contributed by atoms with Crippen LogP contribution in [0.4, 0.5) is 5.95 Å². The normalized spacial score (nSPS) is 10.3. The molecule has 0 saturated heterocycles. The van der Waals surface area contributed by atoms with Crippen molar-refractivity contribution in [3.8, 4) is 0 Å². The third kappa shape index (κ3) is 4.03. The molecule has 98 valence electrons. The van der Waals surface area contributed by atoms with Gasteiger partial charge >= 0.3 is 0 Å². The Labute approximate surface area is 116 Å². The van der Waals surface area contributed by atoms with Crippen molar-refractivity contribution in [2.75, 3.05) is 5.32 Å². The molecule has 0 aliphatic heterocycles. The molecule has 2 rings (SSSR count). The van der Waals surface area contributed by atoms with Crippen LogP contribution in [0.3, 0.4) is 0 Å². The fraction of sp³-hybridized carbons (Fsp3) is 0.214. The SMILES string of the molecule is Cc1cc(C)nc(NC(=O)Cc2ccc(Cl)cc2)n1. The Bertz CT molecular complexity index is 576. The third-order valence-corrected chi connectivity index (χ3v) is 2.76. The van der Waals surface area contributed by atoms with Gasteiger partial charge in [0, 0.05) is 16.4 Å². The lowest BCUT2D eigenvalue weighted by molar-refractivity contribution is -0.115. The second kappa shape index (κ2) is 5.80. The van der Waals surface area contributed by atoms with E-state index in [0.29, 0.717) is 11.0 Å². The zero-order valence-corrected chi connectivity index (χ0v) is 11.5. The van der Waals surface area contributed by atoms with E-state index in [9.17, 15) is 4.79 Å². The summed E-state index contributed by atoms with van der Waals surface area (Å²) in [7, 11) is 0. The van der Waals surface area contributed by atoms with Gasteiger partial charge < -0.3 is 0 Å². The van der Waals surface area contributed by atoms with E-state index in [1.807, 2.05) is 32.0 Å². The van der Waals surface area contributed by atoms with Gasteiger partial charge in [-0.05, 0) is 37.6 Å². The quantitative estimate of drug-likeness (QED) is 0.937. The van der Waals surface area contributed by atoms with E-state index in [1.54, 1.807) is 12.1 Å². The van der Waals surface area contributed by atoms with Crippen molar-refractivity contribution in [1.82, 2.24) is 9.97 Å². The van der Waals surface area contributed by atoms with Crippen LogP contribution >= 0.6 is 11.6 Å². The fourth-order valence-corrected chi connectivity index (χ4v) is 1.86. The molecule has 0 atom stereocenters. The summed E-state index contributed by atoms with van der Waals surface area (Å²) in [5.41, 5.74) is 2.55. The summed E-state index contributed by atoms with van der Waals surface area (Å²) in [5.74, 6) is 0.198. The van der Waals surface area contributed by atoms with Gasteiger partial charge in [-0.2, -0.15) is 0 Å². The van der Waals surface area contributed by atoms with Crippen molar-refractivity contribution in [2.45, 2.75) is 20.3 Å². The number of aromatic nitrogens is 2. The highest BCUT2D eigenvalue weighted by atomic mass is 35.5. The molecule has 4 nitrogen and oxygen atoms in total. The molecule has 1 heterocycles. The van der Waals surface area contributed by atoms with Gasteiger partial charge in [0.15, 0.2) is 0 Å². The first-order valence-corrected chi connectivity index (χ1v) is 6.27. The average molecular weight is 276 g/mol. The van der Waals surface area contributed by atoms with E-state index in [0.717, 1.165) is 17.0 Å². The Balaban J connectivity index is 2.03. The lowest BCUT2D eigenvalue weighted by Crippen LogP contribution is -2.17. The molecule has 0 unspecified atom stereocenters. The van der Waals surface area contributed by atoms with Gasteiger partial charge in [-0.1, -0.05) is 23.7 Å². The van der Waals surface area contributed by atoms with Crippen molar-refractivity contribution >= 4 is 23.5 Å². The first kappa shape index (κ1) is 13.5. The maximum Gasteiger partial charge on any atom is 0.231 e. The van der Waals surface area contributed by atoms with Gasteiger partial charge in [0.1, 0.15) is 0 Å². The molecule has 0 bridgehead atoms. The number of amides is 1. The number of carbonyl (C=O) groups is 1. The number of anilines is 1. The number of aryl methyl sites for hydroxylation is 2. The summed E-state index contributed by atoms with van der Waals surface area (Å²) >= 11 is 5.79. The van der Waals surface area contributed by atoms with Gasteiger partial charge in [0.2, 0.25) is 11.9 Å². The number of hydrogen-bond acceptors (Lipinski definition) is 3. The lowest BCUT2D eigenvalue weighted by Gasteiger charge is -2.05. The number of carbonyl (C=O) groups excluding carboxylic acids is 1. The van der Waals surface area contributed by atoms with Gasteiger partial charge in [0.05, 0.1) is 6.42 Å². The molecule has 1 aromatic carbocycles. The lowest BCUT2D eigenvalue weighted by atomic mass is 10.1. The van der Waals surface area contributed by atoms with E-state index in [4.69, 9.17) is 11.6 Å². The third-order valence-electron chi connectivity index (χ3n) is 2.51. The zero-order chi connectivity index (χ0) is 13.8. The predicted octanol–water partition coefficient (Wildman–Crippen LogP) is 2.93. The monoisotopic (exact) mass is 275 g/mol. The Morgan fingerprint density at radius 1 is 1.16 bits per heavy atom. The van der Waals surface area contributed by atoms with Crippen molar-refractivity contribution < 1.29 is 4.79 Å². The summed E-state index contributed by atoms with van der Waals surface area (Å²) < 4.78 is 0. The molecule has 1 amide bonds. The van der Waals surface area contributed by atoms with Gasteiger partial charge in [-0.25, -0.2) is 9.97 Å². The van der Waals surface area contributed by atoms with Crippen molar-refractivity contribution in [1.29, 1.82) is 0 Å². The van der Waals surface area contributed by atoms with E-state index >= 15 is 0 Å². The Morgan fingerprint density at radius 3 is 2.32 bits per heavy atom. The van der Waals surface area contributed by atoms with Crippen LogP contribution in [0.2, 0.25) is 5.02 Å². The largest absolute Gasteiger partial charge is 0.294 e. The van der Waals surface area contributed by atoms with E-state index < -0.39 is 0 Å². The second-order valence-corrected chi connectivity index (χ2v) is 4.76. The Hall–Kier alpha value is -1.94. The molecule has 1 N–H and O–H groups in total. The molecule has 0 spiro atoms. The summed E-state index contributed by atoms with van der Waals surface area (Å²) in [4.78, 5) is 20.2. The average Bonchev–Trinajstić information content (AvgIpc) is 2.30. The van der Waals surface area contributed by atoms with Crippen molar-refractivity contribution in [3.05, 3.63) is 52.3 Å². The highest BCUT2D eigenvalue weighted by Crippen LogP contribution is 2.10. The number of rotatable bonds is 3. The highest BCUT2D eigenvalue weighted by Gasteiger charge is 2.07. The Kier molecular flexibility index (Phi) is 4.12. The van der Waals surface area contributed by atoms with Crippen LogP contribution in [0.1, 0.15) is 17.0 Å². The number of benzene rings is 1. The smallest absolute Gasteiger partial charge is 0.231 e. The zero-order valence-electron chi connectivity index (χ0n) is 10.8. The van der Waals surface area contributed by atoms with Gasteiger partial charge in [-0.15, -0.1) is 0 Å². The molecule has 0 fully saturated rings. The fourth-order valence-electron chi connectivity index (χ4n) is 1.74. The maximum absolute atomic E-state index is 11.9. The van der Waals surface area contributed by atoms with Crippen molar-refractivity contribution in [2.24, 2.45) is 0 Å². The molecule has 0 radical (unpaired) electrons. The number of nitrogens with zero attached hydrogens (tertiary/aromatic N) is 2. The predicted molar refractivity (Wildman–Crippen MR) is 75.3 cm³/mol. The van der Waals surface area contributed by atoms with Crippen molar-refractivity contribution in [3.63, 3.8) is 0 Å². The first-order valence-electron chi connectivity index (χ1n) is 5.89. The Morgan fingerprint density at radius 2 is 1.74 bits per heavy atom. The molecule has 19 heavy (non-hydrogen) atoms. The molecule has 0 aliphatic rings. The van der Waals surface area contributed by atoms with Crippen LogP contribution in [0, 0.1) is 13.8 Å². The summed E-state index contributed by atoms with van der Waals surface area (Å²) in [5, 5.41) is 3.35. The van der Waals surface area contributed by atoms with Crippen LogP contribution in [0.15, 0.2) is 30.3 Å².